The Labute approximate surface area is 107 Å². The van der Waals surface area contributed by atoms with E-state index in [1.807, 2.05) is 12.1 Å². The molecular weight excluding hydrogens is 323 g/mol. The lowest BCUT2D eigenvalue weighted by molar-refractivity contribution is -0.186. The second kappa shape index (κ2) is 5.60. The van der Waals surface area contributed by atoms with E-state index in [2.05, 4.69) is 22.6 Å². The summed E-state index contributed by atoms with van der Waals surface area (Å²) in [4.78, 5) is 11.7. The lowest BCUT2D eigenvalue weighted by Crippen LogP contribution is -2.32. The summed E-state index contributed by atoms with van der Waals surface area (Å²) in [6, 6.07) is 7.17. The van der Waals surface area contributed by atoms with Crippen LogP contribution in [0.2, 0.25) is 0 Å². The topological polar surface area (TPSA) is 44.8 Å². The molecule has 2 rings (SSSR count). The number of carbonyl (C=O) groups is 1. The third-order valence-electron chi connectivity index (χ3n) is 2.10. The van der Waals surface area contributed by atoms with Gasteiger partial charge in [0, 0.05) is 3.57 Å². The van der Waals surface area contributed by atoms with Crippen LogP contribution in [-0.4, -0.2) is 32.1 Å². The van der Waals surface area contributed by atoms with Crippen molar-refractivity contribution in [3.8, 4) is 0 Å². The minimum Gasteiger partial charge on any atom is -0.430 e. The maximum absolute atomic E-state index is 11.7. The molecule has 5 heteroatoms. The van der Waals surface area contributed by atoms with Crippen LogP contribution in [0.25, 0.3) is 0 Å². The van der Waals surface area contributed by atoms with Crippen molar-refractivity contribution in [2.24, 2.45) is 0 Å². The monoisotopic (exact) mass is 334 g/mol. The zero-order valence-corrected chi connectivity index (χ0v) is 10.7. The standard InChI is InChI=1S/C11H11IO4/c12-9-3-1-8(2-4-9)11(13)16-10-7-14-5-6-15-10/h1-4,10H,5-7H2. The lowest BCUT2D eigenvalue weighted by Gasteiger charge is -2.22. The zero-order chi connectivity index (χ0) is 11.4. The Morgan fingerprint density at radius 2 is 2.06 bits per heavy atom. The highest BCUT2D eigenvalue weighted by Gasteiger charge is 2.19. The summed E-state index contributed by atoms with van der Waals surface area (Å²) >= 11 is 2.18. The van der Waals surface area contributed by atoms with E-state index < -0.39 is 6.29 Å². The molecule has 16 heavy (non-hydrogen) atoms. The Morgan fingerprint density at radius 3 is 2.69 bits per heavy atom. The van der Waals surface area contributed by atoms with Crippen molar-refractivity contribution in [2.45, 2.75) is 6.29 Å². The van der Waals surface area contributed by atoms with Crippen LogP contribution in [-0.2, 0) is 14.2 Å². The molecule has 0 saturated carbocycles. The van der Waals surface area contributed by atoms with Gasteiger partial charge in [0.15, 0.2) is 0 Å². The van der Waals surface area contributed by atoms with Crippen LogP contribution in [0, 0.1) is 3.57 Å². The lowest BCUT2D eigenvalue weighted by atomic mass is 10.2. The van der Waals surface area contributed by atoms with Crippen LogP contribution in [0.3, 0.4) is 0 Å². The molecule has 0 N–H and O–H groups in total. The quantitative estimate of drug-likeness (QED) is 0.611. The summed E-state index contributed by atoms with van der Waals surface area (Å²) in [7, 11) is 0. The van der Waals surface area contributed by atoms with Gasteiger partial charge in [0.2, 0.25) is 6.29 Å². The van der Waals surface area contributed by atoms with Crippen molar-refractivity contribution >= 4 is 28.6 Å². The maximum atomic E-state index is 11.7. The first-order valence-corrected chi connectivity index (χ1v) is 5.99. The van der Waals surface area contributed by atoms with Gasteiger partial charge in [-0.15, -0.1) is 0 Å². The number of carbonyl (C=O) groups excluding carboxylic acids is 1. The Morgan fingerprint density at radius 1 is 1.31 bits per heavy atom. The summed E-state index contributed by atoms with van der Waals surface area (Å²) in [6.45, 7) is 1.32. The van der Waals surface area contributed by atoms with Gasteiger partial charge in [0.1, 0.15) is 6.61 Å². The van der Waals surface area contributed by atoms with Crippen molar-refractivity contribution in [1.82, 2.24) is 0 Å². The highest BCUT2D eigenvalue weighted by Crippen LogP contribution is 2.10. The van der Waals surface area contributed by atoms with Gasteiger partial charge >= 0.3 is 5.97 Å². The smallest absolute Gasteiger partial charge is 0.340 e. The van der Waals surface area contributed by atoms with Gasteiger partial charge in [-0.05, 0) is 46.9 Å². The summed E-state index contributed by atoms with van der Waals surface area (Å²) in [6.07, 6.45) is -0.583. The average Bonchev–Trinajstić information content (AvgIpc) is 2.31. The van der Waals surface area contributed by atoms with E-state index in [0.29, 0.717) is 25.4 Å². The van der Waals surface area contributed by atoms with Crippen molar-refractivity contribution in [3.63, 3.8) is 0 Å². The Bertz CT molecular complexity index is 357. The van der Waals surface area contributed by atoms with Gasteiger partial charge in [-0.2, -0.15) is 0 Å². The molecule has 4 nitrogen and oxygen atoms in total. The molecule has 1 heterocycles. The third-order valence-corrected chi connectivity index (χ3v) is 2.82. The van der Waals surface area contributed by atoms with Gasteiger partial charge in [-0.25, -0.2) is 4.79 Å². The molecule has 0 radical (unpaired) electrons. The largest absolute Gasteiger partial charge is 0.430 e. The highest BCUT2D eigenvalue weighted by atomic mass is 127. The molecule has 0 spiro atoms. The molecule has 1 aliphatic heterocycles. The molecule has 1 atom stereocenters. The molecule has 1 saturated heterocycles. The van der Waals surface area contributed by atoms with Gasteiger partial charge in [-0.3, -0.25) is 0 Å². The van der Waals surface area contributed by atoms with E-state index in [4.69, 9.17) is 14.2 Å². The molecule has 1 aromatic rings. The molecule has 1 fully saturated rings. The minimum atomic E-state index is -0.583. The van der Waals surface area contributed by atoms with E-state index in [1.54, 1.807) is 12.1 Å². The Balaban J connectivity index is 1.94. The molecule has 0 aliphatic carbocycles. The van der Waals surface area contributed by atoms with Crippen LogP contribution in [0.5, 0.6) is 0 Å². The van der Waals surface area contributed by atoms with Crippen LogP contribution in [0.4, 0.5) is 0 Å². The summed E-state index contributed by atoms with van der Waals surface area (Å²) in [5.74, 6) is -0.382. The fourth-order valence-electron chi connectivity index (χ4n) is 1.31. The Kier molecular flexibility index (Phi) is 4.14. The van der Waals surface area contributed by atoms with E-state index in [0.717, 1.165) is 3.57 Å². The van der Waals surface area contributed by atoms with Gasteiger partial charge in [-0.1, -0.05) is 0 Å². The molecule has 1 unspecified atom stereocenters. The van der Waals surface area contributed by atoms with Crippen LogP contribution >= 0.6 is 22.6 Å². The predicted molar refractivity (Wildman–Crippen MR) is 65.1 cm³/mol. The molecular formula is C11H11IO4. The normalized spacial score (nSPS) is 20.4. The first-order valence-electron chi connectivity index (χ1n) is 4.91. The second-order valence-corrected chi connectivity index (χ2v) is 4.53. The highest BCUT2D eigenvalue weighted by molar-refractivity contribution is 14.1. The minimum absolute atomic E-state index is 0.302. The second-order valence-electron chi connectivity index (χ2n) is 3.29. The Hall–Kier alpha value is -0.660. The van der Waals surface area contributed by atoms with Crippen LogP contribution < -0.4 is 0 Å². The predicted octanol–water partition coefficient (Wildman–Crippen LogP) is 1.82. The van der Waals surface area contributed by atoms with Gasteiger partial charge < -0.3 is 14.2 Å². The first kappa shape index (κ1) is 11.8. The number of esters is 1. The van der Waals surface area contributed by atoms with E-state index in [9.17, 15) is 4.79 Å². The SMILES string of the molecule is O=C(OC1COCCO1)c1ccc(I)cc1. The van der Waals surface area contributed by atoms with Gasteiger partial charge in [0.25, 0.3) is 0 Å². The average molecular weight is 334 g/mol. The molecule has 0 bridgehead atoms. The number of halogens is 1. The van der Waals surface area contributed by atoms with E-state index >= 15 is 0 Å². The molecule has 1 aromatic carbocycles. The van der Waals surface area contributed by atoms with Crippen LogP contribution in [0.1, 0.15) is 10.4 Å². The fraction of sp³-hybridized carbons (Fsp3) is 0.364. The molecule has 86 valence electrons. The van der Waals surface area contributed by atoms with E-state index in [1.165, 1.54) is 0 Å². The summed E-state index contributed by atoms with van der Waals surface area (Å²) < 4.78 is 16.6. The molecule has 0 amide bonds. The van der Waals surface area contributed by atoms with E-state index in [-0.39, 0.29) is 5.97 Å². The van der Waals surface area contributed by atoms with Crippen molar-refractivity contribution in [3.05, 3.63) is 33.4 Å². The van der Waals surface area contributed by atoms with Gasteiger partial charge in [0.05, 0.1) is 18.8 Å². The number of rotatable bonds is 2. The summed E-state index contributed by atoms with van der Waals surface area (Å²) in [5.41, 5.74) is 0.523. The summed E-state index contributed by atoms with van der Waals surface area (Å²) in [5, 5.41) is 0. The molecule has 0 aromatic heterocycles. The first-order chi connectivity index (χ1) is 7.75. The third kappa shape index (κ3) is 3.16. The number of hydrogen-bond acceptors (Lipinski definition) is 4. The fourth-order valence-corrected chi connectivity index (χ4v) is 1.67. The number of benzene rings is 1. The molecule has 1 aliphatic rings. The van der Waals surface area contributed by atoms with Crippen molar-refractivity contribution < 1.29 is 19.0 Å². The number of ether oxygens (including phenoxy) is 3. The van der Waals surface area contributed by atoms with Crippen LogP contribution in [0.15, 0.2) is 24.3 Å². The zero-order valence-electron chi connectivity index (χ0n) is 8.52. The number of hydrogen-bond donors (Lipinski definition) is 0. The van der Waals surface area contributed by atoms with Crippen molar-refractivity contribution in [2.75, 3.05) is 19.8 Å². The van der Waals surface area contributed by atoms with Crippen molar-refractivity contribution in [1.29, 1.82) is 0 Å². The maximum Gasteiger partial charge on any atom is 0.340 e.